The summed E-state index contributed by atoms with van der Waals surface area (Å²) in [5.41, 5.74) is 2.06. The summed E-state index contributed by atoms with van der Waals surface area (Å²) in [5, 5.41) is 10.2. The number of rotatable bonds is 1. The molecule has 0 spiro atoms. The molecule has 0 amide bonds. The predicted molar refractivity (Wildman–Crippen MR) is 96.4 cm³/mol. The highest BCUT2D eigenvalue weighted by Crippen LogP contribution is 2.67. The van der Waals surface area contributed by atoms with Gasteiger partial charge in [0.1, 0.15) is 5.78 Å². The van der Waals surface area contributed by atoms with Crippen LogP contribution in [0, 0.1) is 40.4 Å². The van der Waals surface area contributed by atoms with E-state index in [0.717, 1.165) is 37.0 Å². The first-order valence-electron chi connectivity index (χ1n) is 10.2. The van der Waals surface area contributed by atoms with Crippen molar-refractivity contribution in [1.29, 1.82) is 0 Å². The first-order valence-corrected chi connectivity index (χ1v) is 10.2. The fourth-order valence-electron chi connectivity index (χ4n) is 7.74. The Balaban J connectivity index is 1.69. The zero-order valence-electron chi connectivity index (χ0n) is 15.8. The summed E-state index contributed by atoms with van der Waals surface area (Å²) >= 11 is 0. The molecule has 0 aliphatic heterocycles. The van der Waals surface area contributed by atoms with E-state index in [1.807, 2.05) is 6.92 Å². The van der Waals surface area contributed by atoms with Crippen LogP contribution in [0.1, 0.15) is 72.6 Å². The molecule has 8 atom stereocenters. The lowest BCUT2D eigenvalue weighted by Crippen LogP contribution is -2.53. The van der Waals surface area contributed by atoms with Crippen LogP contribution in [0.15, 0.2) is 11.6 Å². The second-order valence-corrected chi connectivity index (χ2v) is 9.90. The van der Waals surface area contributed by atoms with E-state index in [9.17, 15) is 9.90 Å². The summed E-state index contributed by atoms with van der Waals surface area (Å²) in [4.78, 5) is 12.2. The van der Waals surface area contributed by atoms with Gasteiger partial charge in [0.15, 0.2) is 0 Å². The Morgan fingerprint density at radius 1 is 1.21 bits per heavy atom. The van der Waals surface area contributed by atoms with E-state index in [4.69, 9.17) is 0 Å². The predicted octanol–water partition coefficient (Wildman–Crippen LogP) is 4.76. The number of carbonyl (C=O) groups is 1. The number of allylic oxidation sites excluding steroid dienone is 1. The summed E-state index contributed by atoms with van der Waals surface area (Å²) in [6.45, 7) is 9.09. The molecule has 1 N–H and O–H groups in total. The van der Waals surface area contributed by atoms with Gasteiger partial charge < -0.3 is 5.11 Å². The molecule has 0 bridgehead atoms. The van der Waals surface area contributed by atoms with Crippen LogP contribution in [0.2, 0.25) is 0 Å². The standard InChI is InChI=1S/C22H34O2/c1-13-11-16(24)12-15-5-6-17-19-8-7-18(14(2)23)21(19,3)10-9-20(17)22(13,15)4/h5,13,16-20,24H,6-12H2,1-4H3/t13?,16?,17-,18+,19-,20-,21+,22-/m0/s1. The molecule has 4 aliphatic carbocycles. The lowest BCUT2D eigenvalue weighted by Gasteiger charge is -2.59. The molecule has 3 saturated carbocycles. The van der Waals surface area contributed by atoms with E-state index in [-0.39, 0.29) is 16.9 Å². The fraction of sp³-hybridized carbons (Fsp3) is 0.864. The van der Waals surface area contributed by atoms with Crippen molar-refractivity contribution in [2.45, 2.75) is 78.7 Å². The lowest BCUT2D eigenvalue weighted by molar-refractivity contribution is -0.128. The highest BCUT2D eigenvalue weighted by atomic mass is 16.3. The van der Waals surface area contributed by atoms with E-state index < -0.39 is 0 Å². The number of aliphatic hydroxyl groups excluding tert-OH is 1. The number of fused-ring (bicyclic) bond motifs is 5. The van der Waals surface area contributed by atoms with Gasteiger partial charge in [-0.2, -0.15) is 0 Å². The minimum absolute atomic E-state index is 0.140. The molecule has 0 aromatic rings. The van der Waals surface area contributed by atoms with Gasteiger partial charge in [0.25, 0.3) is 0 Å². The SMILES string of the molecule is CC(=O)[C@H]1CC[C@H]2[C@@H]3CC=C4CC(O)CC(C)[C@]4(C)[C@H]3CC[C@]12C. The van der Waals surface area contributed by atoms with Gasteiger partial charge in [0.05, 0.1) is 6.10 Å². The zero-order valence-corrected chi connectivity index (χ0v) is 15.8. The molecule has 2 unspecified atom stereocenters. The largest absolute Gasteiger partial charge is 0.393 e. The van der Waals surface area contributed by atoms with Crippen molar-refractivity contribution < 1.29 is 9.90 Å². The maximum absolute atomic E-state index is 12.2. The molecule has 0 radical (unpaired) electrons. The molecule has 3 fully saturated rings. The lowest BCUT2D eigenvalue weighted by atomic mass is 9.45. The molecule has 2 heteroatoms. The Labute approximate surface area is 147 Å². The summed E-state index contributed by atoms with van der Waals surface area (Å²) in [7, 11) is 0. The zero-order chi connectivity index (χ0) is 17.3. The van der Waals surface area contributed by atoms with Crippen molar-refractivity contribution in [3.8, 4) is 0 Å². The Hall–Kier alpha value is -0.630. The highest BCUT2D eigenvalue weighted by molar-refractivity contribution is 5.79. The van der Waals surface area contributed by atoms with Crippen LogP contribution in [-0.2, 0) is 4.79 Å². The van der Waals surface area contributed by atoms with Crippen LogP contribution < -0.4 is 0 Å². The van der Waals surface area contributed by atoms with Crippen molar-refractivity contribution in [2.75, 3.05) is 0 Å². The van der Waals surface area contributed by atoms with E-state index >= 15 is 0 Å². The summed E-state index contributed by atoms with van der Waals surface area (Å²) < 4.78 is 0. The van der Waals surface area contributed by atoms with Crippen LogP contribution in [0.3, 0.4) is 0 Å². The third kappa shape index (κ3) is 2.08. The van der Waals surface area contributed by atoms with Crippen LogP contribution >= 0.6 is 0 Å². The van der Waals surface area contributed by atoms with Crippen LogP contribution in [0.5, 0.6) is 0 Å². The highest BCUT2D eigenvalue weighted by Gasteiger charge is 2.60. The number of hydrogen-bond acceptors (Lipinski definition) is 2. The average Bonchev–Trinajstić information content (AvgIpc) is 2.86. The topological polar surface area (TPSA) is 37.3 Å². The number of ketones is 1. The molecular weight excluding hydrogens is 296 g/mol. The van der Waals surface area contributed by atoms with Gasteiger partial charge in [-0.15, -0.1) is 0 Å². The van der Waals surface area contributed by atoms with E-state index in [0.29, 0.717) is 17.6 Å². The normalized spacial score (nSPS) is 53.6. The Morgan fingerprint density at radius 3 is 2.67 bits per heavy atom. The van der Waals surface area contributed by atoms with Gasteiger partial charge in [0.2, 0.25) is 0 Å². The molecule has 0 saturated heterocycles. The van der Waals surface area contributed by atoms with E-state index in [1.165, 1.54) is 25.7 Å². The van der Waals surface area contributed by atoms with Crippen molar-refractivity contribution >= 4 is 5.78 Å². The Kier molecular flexibility index (Phi) is 3.81. The third-order valence-corrected chi connectivity index (χ3v) is 9.13. The van der Waals surface area contributed by atoms with E-state index in [1.54, 1.807) is 5.57 Å². The number of hydrogen-bond donors (Lipinski definition) is 1. The second-order valence-electron chi connectivity index (χ2n) is 9.90. The molecule has 4 rings (SSSR count). The Morgan fingerprint density at radius 2 is 1.96 bits per heavy atom. The molecule has 2 nitrogen and oxygen atoms in total. The maximum Gasteiger partial charge on any atom is 0.133 e. The second kappa shape index (κ2) is 5.43. The van der Waals surface area contributed by atoms with Crippen molar-refractivity contribution in [3.05, 3.63) is 11.6 Å². The van der Waals surface area contributed by atoms with Crippen LogP contribution in [0.25, 0.3) is 0 Å². The molecule has 134 valence electrons. The quantitative estimate of drug-likeness (QED) is 0.704. The fourth-order valence-corrected chi connectivity index (χ4v) is 7.74. The monoisotopic (exact) mass is 330 g/mol. The molecule has 0 aromatic carbocycles. The van der Waals surface area contributed by atoms with Crippen molar-refractivity contribution in [1.82, 2.24) is 0 Å². The number of carbonyl (C=O) groups excluding carboxylic acids is 1. The van der Waals surface area contributed by atoms with Crippen molar-refractivity contribution in [2.24, 2.45) is 40.4 Å². The average molecular weight is 331 g/mol. The van der Waals surface area contributed by atoms with Gasteiger partial charge in [-0.05, 0) is 86.4 Å². The summed E-state index contributed by atoms with van der Waals surface area (Å²) in [6, 6.07) is 0. The first kappa shape index (κ1) is 16.8. The minimum atomic E-state index is -0.140. The molecule has 4 aliphatic rings. The van der Waals surface area contributed by atoms with Gasteiger partial charge in [-0.3, -0.25) is 4.79 Å². The first-order chi connectivity index (χ1) is 11.3. The van der Waals surface area contributed by atoms with Gasteiger partial charge in [-0.25, -0.2) is 0 Å². The van der Waals surface area contributed by atoms with Gasteiger partial charge >= 0.3 is 0 Å². The van der Waals surface area contributed by atoms with Gasteiger partial charge in [0, 0.05) is 5.92 Å². The van der Waals surface area contributed by atoms with E-state index in [2.05, 4.69) is 26.8 Å². The number of Topliss-reactive ketones (excluding diaryl/α,β-unsaturated/α-hetero) is 1. The number of aliphatic hydroxyl groups is 1. The minimum Gasteiger partial charge on any atom is -0.393 e. The smallest absolute Gasteiger partial charge is 0.133 e. The molecule has 0 heterocycles. The molecule has 0 aromatic heterocycles. The van der Waals surface area contributed by atoms with Gasteiger partial charge in [-0.1, -0.05) is 32.4 Å². The van der Waals surface area contributed by atoms with Crippen LogP contribution in [-0.4, -0.2) is 17.0 Å². The van der Waals surface area contributed by atoms with Crippen LogP contribution in [0.4, 0.5) is 0 Å². The summed E-state index contributed by atoms with van der Waals surface area (Å²) in [6.07, 6.45) is 10.2. The Bertz CT molecular complexity index is 579. The maximum atomic E-state index is 12.2. The summed E-state index contributed by atoms with van der Waals surface area (Å²) in [5.74, 6) is 3.51. The van der Waals surface area contributed by atoms with Crippen molar-refractivity contribution in [3.63, 3.8) is 0 Å². The molecule has 24 heavy (non-hydrogen) atoms. The third-order valence-electron chi connectivity index (χ3n) is 9.13. The molecular formula is C22H34O2.